The van der Waals surface area contributed by atoms with Crippen LogP contribution in [0.15, 0.2) is 0 Å². The van der Waals surface area contributed by atoms with E-state index in [9.17, 15) is 13.2 Å². The van der Waals surface area contributed by atoms with E-state index in [0.29, 0.717) is 6.42 Å². The molecule has 1 saturated carbocycles. The molecule has 0 saturated heterocycles. The molecular formula is C10H19NO4S. The first-order valence-electron chi connectivity index (χ1n) is 5.47. The summed E-state index contributed by atoms with van der Waals surface area (Å²) >= 11 is 0. The maximum Gasteiger partial charge on any atom is 0.320 e. The van der Waals surface area contributed by atoms with Crippen LogP contribution < -0.4 is 5.73 Å². The van der Waals surface area contributed by atoms with Gasteiger partial charge in [0.1, 0.15) is 5.75 Å². The number of carbonyl (C=O) groups excluding carboxylic acids is 1. The Morgan fingerprint density at radius 3 is 2.62 bits per heavy atom. The van der Waals surface area contributed by atoms with Crippen molar-refractivity contribution in [2.75, 3.05) is 18.6 Å². The average Bonchev–Trinajstić information content (AvgIpc) is 2.60. The Labute approximate surface area is 96.3 Å². The SMILES string of the molecule is COC(=O)CS(=O)(=O)CCC1CCCC1N. The van der Waals surface area contributed by atoms with Crippen molar-refractivity contribution in [3.63, 3.8) is 0 Å². The van der Waals surface area contributed by atoms with Crippen molar-refractivity contribution in [3.05, 3.63) is 0 Å². The van der Waals surface area contributed by atoms with E-state index in [2.05, 4.69) is 4.74 Å². The number of methoxy groups -OCH3 is 1. The Morgan fingerprint density at radius 2 is 2.12 bits per heavy atom. The van der Waals surface area contributed by atoms with Gasteiger partial charge in [0.25, 0.3) is 0 Å². The highest BCUT2D eigenvalue weighted by atomic mass is 32.2. The minimum atomic E-state index is -3.33. The minimum absolute atomic E-state index is 0.0282. The maximum absolute atomic E-state index is 11.5. The molecule has 2 N–H and O–H groups in total. The molecule has 0 aliphatic heterocycles. The van der Waals surface area contributed by atoms with Crippen LogP contribution in [0.5, 0.6) is 0 Å². The second-order valence-electron chi connectivity index (χ2n) is 4.31. The molecule has 0 amide bonds. The molecule has 5 nitrogen and oxygen atoms in total. The Bertz CT molecular complexity index is 339. The molecule has 1 fully saturated rings. The summed E-state index contributed by atoms with van der Waals surface area (Å²) in [6.07, 6.45) is 3.60. The number of nitrogens with two attached hydrogens (primary N) is 1. The number of rotatable bonds is 5. The van der Waals surface area contributed by atoms with E-state index in [1.54, 1.807) is 0 Å². The third-order valence-electron chi connectivity index (χ3n) is 3.08. The molecule has 94 valence electrons. The highest BCUT2D eigenvalue weighted by molar-refractivity contribution is 7.92. The zero-order valence-electron chi connectivity index (χ0n) is 9.52. The van der Waals surface area contributed by atoms with E-state index in [4.69, 9.17) is 5.73 Å². The molecule has 0 radical (unpaired) electrons. The summed E-state index contributed by atoms with van der Waals surface area (Å²) < 4.78 is 27.4. The number of hydrogen-bond acceptors (Lipinski definition) is 5. The lowest BCUT2D eigenvalue weighted by molar-refractivity contribution is -0.137. The normalized spacial score (nSPS) is 25.6. The number of ether oxygens (including phenoxy) is 1. The first kappa shape index (κ1) is 13.4. The third kappa shape index (κ3) is 4.09. The van der Waals surface area contributed by atoms with Gasteiger partial charge in [0.05, 0.1) is 12.9 Å². The largest absolute Gasteiger partial charge is 0.468 e. The van der Waals surface area contributed by atoms with Crippen LogP contribution in [0.4, 0.5) is 0 Å². The summed E-state index contributed by atoms with van der Waals surface area (Å²) in [5.41, 5.74) is 5.85. The molecule has 0 aromatic heterocycles. The predicted molar refractivity (Wildman–Crippen MR) is 60.6 cm³/mol. The van der Waals surface area contributed by atoms with Gasteiger partial charge in [-0.05, 0) is 25.2 Å². The van der Waals surface area contributed by atoms with Crippen LogP contribution in [0.1, 0.15) is 25.7 Å². The van der Waals surface area contributed by atoms with Crippen LogP contribution >= 0.6 is 0 Å². The Balaban J connectivity index is 2.38. The zero-order chi connectivity index (χ0) is 12.2. The lowest BCUT2D eigenvalue weighted by Crippen LogP contribution is -2.27. The number of sulfone groups is 1. The average molecular weight is 249 g/mol. The fourth-order valence-electron chi connectivity index (χ4n) is 2.07. The van der Waals surface area contributed by atoms with Crippen LogP contribution in [0.2, 0.25) is 0 Å². The molecule has 0 heterocycles. The second-order valence-corrected chi connectivity index (χ2v) is 6.50. The highest BCUT2D eigenvalue weighted by Gasteiger charge is 2.26. The van der Waals surface area contributed by atoms with E-state index < -0.39 is 21.6 Å². The van der Waals surface area contributed by atoms with Gasteiger partial charge in [-0.3, -0.25) is 4.79 Å². The van der Waals surface area contributed by atoms with E-state index in [1.165, 1.54) is 7.11 Å². The number of hydrogen-bond donors (Lipinski definition) is 1. The number of esters is 1. The molecule has 1 aliphatic rings. The molecule has 1 rings (SSSR count). The van der Waals surface area contributed by atoms with Crippen LogP contribution in [0, 0.1) is 5.92 Å². The van der Waals surface area contributed by atoms with E-state index in [1.807, 2.05) is 0 Å². The lowest BCUT2D eigenvalue weighted by Gasteiger charge is -2.14. The van der Waals surface area contributed by atoms with Crippen molar-refractivity contribution in [1.82, 2.24) is 0 Å². The summed E-state index contributed by atoms with van der Waals surface area (Å²) in [4.78, 5) is 10.9. The molecule has 6 heteroatoms. The second kappa shape index (κ2) is 5.63. The van der Waals surface area contributed by atoms with Gasteiger partial charge in [0, 0.05) is 6.04 Å². The number of carbonyl (C=O) groups is 1. The molecule has 1 aliphatic carbocycles. The molecule has 2 unspecified atom stereocenters. The molecular weight excluding hydrogens is 230 g/mol. The molecule has 2 atom stereocenters. The van der Waals surface area contributed by atoms with Crippen molar-refractivity contribution in [2.45, 2.75) is 31.7 Å². The fourth-order valence-corrected chi connectivity index (χ4v) is 3.35. The summed E-state index contributed by atoms with van der Waals surface area (Å²) in [6, 6.07) is 0.119. The fraction of sp³-hybridized carbons (Fsp3) is 0.900. The summed E-state index contributed by atoms with van der Waals surface area (Å²) in [6.45, 7) is 0. The van der Waals surface area contributed by atoms with E-state index >= 15 is 0 Å². The maximum atomic E-state index is 11.5. The smallest absolute Gasteiger partial charge is 0.320 e. The standard InChI is InChI=1S/C10H19NO4S/c1-15-10(12)7-16(13,14)6-5-8-3-2-4-9(8)11/h8-9H,2-7,11H2,1H3. The topological polar surface area (TPSA) is 86.5 Å². The Morgan fingerprint density at radius 1 is 1.44 bits per heavy atom. The van der Waals surface area contributed by atoms with Crippen LogP contribution in [0.25, 0.3) is 0 Å². The Kier molecular flexibility index (Phi) is 4.73. The summed E-state index contributed by atoms with van der Waals surface area (Å²) in [7, 11) is -2.15. The molecule has 0 bridgehead atoms. The van der Waals surface area contributed by atoms with Gasteiger partial charge in [0.2, 0.25) is 0 Å². The van der Waals surface area contributed by atoms with Crippen molar-refractivity contribution >= 4 is 15.8 Å². The van der Waals surface area contributed by atoms with E-state index in [0.717, 1.165) is 19.3 Å². The summed E-state index contributed by atoms with van der Waals surface area (Å²) in [5, 5.41) is 0. The monoisotopic (exact) mass is 249 g/mol. The van der Waals surface area contributed by atoms with Gasteiger partial charge in [-0.2, -0.15) is 0 Å². The zero-order valence-corrected chi connectivity index (χ0v) is 10.3. The van der Waals surface area contributed by atoms with Crippen molar-refractivity contribution in [3.8, 4) is 0 Å². The first-order chi connectivity index (χ1) is 7.44. The molecule has 0 spiro atoms. The van der Waals surface area contributed by atoms with Crippen LogP contribution in [0.3, 0.4) is 0 Å². The lowest BCUT2D eigenvalue weighted by atomic mass is 10.0. The first-order valence-corrected chi connectivity index (χ1v) is 7.29. The van der Waals surface area contributed by atoms with Gasteiger partial charge in [-0.1, -0.05) is 6.42 Å². The van der Waals surface area contributed by atoms with Gasteiger partial charge in [-0.15, -0.1) is 0 Å². The van der Waals surface area contributed by atoms with Gasteiger partial charge < -0.3 is 10.5 Å². The highest BCUT2D eigenvalue weighted by Crippen LogP contribution is 2.27. The van der Waals surface area contributed by atoms with Gasteiger partial charge >= 0.3 is 5.97 Å². The predicted octanol–water partition coefficient (Wildman–Crippen LogP) is 0.0917. The quantitative estimate of drug-likeness (QED) is 0.698. The molecule has 0 aromatic rings. The summed E-state index contributed by atoms with van der Waals surface area (Å²) in [5.74, 6) is -0.908. The van der Waals surface area contributed by atoms with E-state index in [-0.39, 0.29) is 17.7 Å². The van der Waals surface area contributed by atoms with Crippen LogP contribution in [-0.2, 0) is 19.4 Å². The third-order valence-corrected chi connectivity index (χ3v) is 4.62. The minimum Gasteiger partial charge on any atom is -0.468 e. The van der Waals surface area contributed by atoms with Gasteiger partial charge in [-0.25, -0.2) is 8.42 Å². The Hall–Kier alpha value is -0.620. The van der Waals surface area contributed by atoms with Gasteiger partial charge in [0.15, 0.2) is 9.84 Å². The van der Waals surface area contributed by atoms with Crippen molar-refractivity contribution in [1.29, 1.82) is 0 Å². The van der Waals surface area contributed by atoms with Crippen LogP contribution in [-0.4, -0.2) is 39.0 Å². The van der Waals surface area contributed by atoms with Crippen molar-refractivity contribution < 1.29 is 17.9 Å². The molecule has 16 heavy (non-hydrogen) atoms. The molecule has 0 aromatic carbocycles. The van der Waals surface area contributed by atoms with Crippen molar-refractivity contribution in [2.24, 2.45) is 11.7 Å².